The van der Waals surface area contributed by atoms with Gasteiger partial charge in [-0.25, -0.2) is 0 Å². The van der Waals surface area contributed by atoms with Gasteiger partial charge in [0, 0.05) is 30.1 Å². The molecule has 0 aliphatic carbocycles. The predicted molar refractivity (Wildman–Crippen MR) is 102 cm³/mol. The number of nitrogens with one attached hydrogen (secondary N) is 2. The molecule has 2 aromatic rings. The number of carbonyl (C=O) groups excluding carboxylic acids is 1. The van der Waals surface area contributed by atoms with E-state index in [0.29, 0.717) is 6.42 Å². The highest BCUT2D eigenvalue weighted by Gasteiger charge is 2.04. The molecule has 0 fully saturated rings. The minimum atomic E-state index is 0.195. The van der Waals surface area contributed by atoms with Gasteiger partial charge in [-0.05, 0) is 24.5 Å². The van der Waals surface area contributed by atoms with Crippen LogP contribution >= 0.6 is 0 Å². The van der Waals surface area contributed by atoms with Gasteiger partial charge in [-0.2, -0.15) is 0 Å². The monoisotopic (exact) mass is 328 g/mol. The molecule has 1 amide bonds. The zero-order valence-electron chi connectivity index (χ0n) is 15.1. The van der Waals surface area contributed by atoms with E-state index in [1.165, 1.54) is 55.9 Å². The van der Waals surface area contributed by atoms with Crippen molar-refractivity contribution in [2.24, 2.45) is 0 Å². The Kier molecular flexibility index (Phi) is 8.43. The molecule has 0 atom stereocenters. The van der Waals surface area contributed by atoms with Crippen LogP contribution < -0.4 is 5.32 Å². The Balaban J connectivity index is 1.52. The number of rotatable bonds is 12. The summed E-state index contributed by atoms with van der Waals surface area (Å²) in [5.41, 5.74) is 2.44. The Bertz CT molecular complexity index is 603. The van der Waals surface area contributed by atoms with Gasteiger partial charge < -0.3 is 10.3 Å². The molecule has 0 spiro atoms. The Hall–Kier alpha value is -1.77. The van der Waals surface area contributed by atoms with Crippen molar-refractivity contribution in [1.82, 2.24) is 10.3 Å². The van der Waals surface area contributed by atoms with E-state index in [1.54, 1.807) is 0 Å². The van der Waals surface area contributed by atoms with Crippen LogP contribution in [0, 0.1) is 0 Å². The maximum Gasteiger partial charge on any atom is 0.220 e. The fourth-order valence-electron chi connectivity index (χ4n) is 3.18. The number of fused-ring (bicyclic) bond motifs is 1. The van der Waals surface area contributed by atoms with Gasteiger partial charge in [0.25, 0.3) is 0 Å². The summed E-state index contributed by atoms with van der Waals surface area (Å²) in [4.78, 5) is 15.2. The van der Waals surface area contributed by atoms with E-state index in [1.807, 2.05) is 6.07 Å². The number of aromatic nitrogens is 1. The fourth-order valence-corrected chi connectivity index (χ4v) is 3.18. The molecule has 1 heterocycles. The van der Waals surface area contributed by atoms with Crippen LogP contribution in [0.15, 0.2) is 30.5 Å². The molecule has 0 bridgehead atoms. The summed E-state index contributed by atoms with van der Waals surface area (Å²) in [6.45, 7) is 2.97. The summed E-state index contributed by atoms with van der Waals surface area (Å²) in [6, 6.07) is 8.30. The highest BCUT2D eigenvalue weighted by molar-refractivity contribution is 5.83. The number of aromatic amines is 1. The minimum absolute atomic E-state index is 0.195. The lowest BCUT2D eigenvalue weighted by Gasteiger charge is -2.05. The molecule has 2 rings (SSSR count). The van der Waals surface area contributed by atoms with Crippen molar-refractivity contribution in [1.29, 1.82) is 0 Å². The van der Waals surface area contributed by atoms with Crippen LogP contribution in [0.2, 0.25) is 0 Å². The van der Waals surface area contributed by atoms with Crippen molar-refractivity contribution >= 4 is 16.8 Å². The third kappa shape index (κ3) is 6.38. The van der Waals surface area contributed by atoms with Gasteiger partial charge in [-0.1, -0.05) is 70.1 Å². The first-order chi connectivity index (χ1) is 11.8. The smallest absolute Gasteiger partial charge is 0.220 e. The molecule has 1 aromatic heterocycles. The molecule has 0 aliphatic heterocycles. The maximum atomic E-state index is 11.9. The van der Waals surface area contributed by atoms with Crippen molar-refractivity contribution in [3.05, 3.63) is 36.0 Å². The molecule has 1 aromatic carbocycles. The summed E-state index contributed by atoms with van der Waals surface area (Å²) in [7, 11) is 0. The molecule has 0 unspecified atom stereocenters. The van der Waals surface area contributed by atoms with Crippen molar-refractivity contribution in [2.75, 3.05) is 6.54 Å². The number of hydrogen-bond donors (Lipinski definition) is 2. The van der Waals surface area contributed by atoms with E-state index in [-0.39, 0.29) is 5.91 Å². The van der Waals surface area contributed by atoms with Crippen LogP contribution in [0.4, 0.5) is 0 Å². The van der Waals surface area contributed by atoms with E-state index in [4.69, 9.17) is 0 Å². The number of para-hydroxylation sites is 1. The van der Waals surface area contributed by atoms with Crippen LogP contribution in [-0.4, -0.2) is 17.4 Å². The topological polar surface area (TPSA) is 44.9 Å². The Morgan fingerprint density at radius 3 is 2.50 bits per heavy atom. The van der Waals surface area contributed by atoms with Crippen LogP contribution in [0.1, 0.15) is 70.3 Å². The number of carbonyl (C=O) groups is 1. The average molecular weight is 329 g/mol. The quantitative estimate of drug-likeness (QED) is 0.506. The highest BCUT2D eigenvalue weighted by atomic mass is 16.1. The molecule has 0 saturated carbocycles. The first-order valence-electron chi connectivity index (χ1n) is 9.63. The van der Waals surface area contributed by atoms with Gasteiger partial charge in [0.15, 0.2) is 0 Å². The zero-order chi connectivity index (χ0) is 17.0. The van der Waals surface area contributed by atoms with E-state index in [9.17, 15) is 4.79 Å². The predicted octanol–water partition coefficient (Wildman–Crippen LogP) is 5.36. The summed E-state index contributed by atoms with van der Waals surface area (Å²) in [6.07, 6.45) is 13.8. The lowest BCUT2D eigenvalue weighted by Crippen LogP contribution is -2.25. The van der Waals surface area contributed by atoms with Crippen molar-refractivity contribution < 1.29 is 4.79 Å². The van der Waals surface area contributed by atoms with Crippen molar-refractivity contribution in [3.63, 3.8) is 0 Å². The number of H-pyrrole nitrogens is 1. The van der Waals surface area contributed by atoms with Gasteiger partial charge in [0.2, 0.25) is 5.91 Å². The van der Waals surface area contributed by atoms with Crippen LogP contribution in [0.5, 0.6) is 0 Å². The summed E-state index contributed by atoms with van der Waals surface area (Å²) < 4.78 is 0. The molecule has 3 nitrogen and oxygen atoms in total. The van der Waals surface area contributed by atoms with E-state index < -0.39 is 0 Å². The number of unbranched alkanes of at least 4 members (excludes halogenated alkanes) is 7. The van der Waals surface area contributed by atoms with E-state index in [0.717, 1.165) is 24.9 Å². The second-order valence-corrected chi connectivity index (χ2v) is 6.68. The molecule has 24 heavy (non-hydrogen) atoms. The minimum Gasteiger partial charge on any atom is -0.361 e. The SMILES string of the molecule is CCCCCCCCCCC(=O)NCCc1c[nH]c2ccccc12. The lowest BCUT2D eigenvalue weighted by atomic mass is 10.1. The normalized spacial score (nSPS) is 11.0. The standard InChI is InChI=1S/C21H32N2O/c1-2-3-4-5-6-7-8-9-14-21(24)22-16-15-18-17-23-20-13-11-10-12-19(18)20/h10-13,17,23H,2-9,14-16H2,1H3,(H,22,24). The van der Waals surface area contributed by atoms with Crippen LogP contribution in [-0.2, 0) is 11.2 Å². The maximum absolute atomic E-state index is 11.9. The highest BCUT2D eigenvalue weighted by Crippen LogP contribution is 2.17. The molecular weight excluding hydrogens is 296 g/mol. The zero-order valence-corrected chi connectivity index (χ0v) is 15.1. The van der Waals surface area contributed by atoms with Crippen LogP contribution in [0.3, 0.4) is 0 Å². The summed E-state index contributed by atoms with van der Waals surface area (Å²) in [5.74, 6) is 0.195. The average Bonchev–Trinajstić information content (AvgIpc) is 3.01. The Labute approximate surface area is 146 Å². The van der Waals surface area contributed by atoms with Gasteiger partial charge in [-0.15, -0.1) is 0 Å². The number of hydrogen-bond acceptors (Lipinski definition) is 1. The summed E-state index contributed by atoms with van der Waals surface area (Å²) in [5, 5.41) is 4.31. The number of benzene rings is 1. The lowest BCUT2D eigenvalue weighted by molar-refractivity contribution is -0.121. The second-order valence-electron chi connectivity index (χ2n) is 6.68. The van der Waals surface area contributed by atoms with E-state index in [2.05, 4.69) is 41.6 Å². The molecule has 0 radical (unpaired) electrons. The largest absolute Gasteiger partial charge is 0.361 e. The van der Waals surface area contributed by atoms with Crippen molar-refractivity contribution in [2.45, 2.75) is 71.1 Å². The first kappa shape index (κ1) is 18.6. The summed E-state index contributed by atoms with van der Waals surface area (Å²) >= 11 is 0. The second kappa shape index (κ2) is 10.9. The molecule has 0 aliphatic rings. The van der Waals surface area contributed by atoms with Crippen LogP contribution in [0.25, 0.3) is 10.9 Å². The Morgan fingerprint density at radius 1 is 1.00 bits per heavy atom. The van der Waals surface area contributed by atoms with E-state index >= 15 is 0 Å². The molecule has 3 heteroatoms. The fraction of sp³-hybridized carbons (Fsp3) is 0.571. The number of amides is 1. The third-order valence-electron chi connectivity index (χ3n) is 4.65. The molecule has 2 N–H and O–H groups in total. The third-order valence-corrected chi connectivity index (χ3v) is 4.65. The van der Waals surface area contributed by atoms with Gasteiger partial charge in [0.1, 0.15) is 0 Å². The first-order valence-corrected chi connectivity index (χ1v) is 9.63. The Morgan fingerprint density at radius 2 is 1.71 bits per heavy atom. The van der Waals surface area contributed by atoms with Gasteiger partial charge in [-0.3, -0.25) is 4.79 Å². The van der Waals surface area contributed by atoms with Gasteiger partial charge >= 0.3 is 0 Å². The van der Waals surface area contributed by atoms with Crippen molar-refractivity contribution in [3.8, 4) is 0 Å². The molecule has 132 valence electrons. The molecular formula is C21H32N2O. The van der Waals surface area contributed by atoms with Gasteiger partial charge in [0.05, 0.1) is 0 Å². The molecule has 0 saturated heterocycles.